The summed E-state index contributed by atoms with van der Waals surface area (Å²) in [5.74, 6) is -1.02. The van der Waals surface area contributed by atoms with E-state index in [1.165, 1.54) is 12.1 Å². The van der Waals surface area contributed by atoms with Gasteiger partial charge in [0.05, 0.1) is 26.3 Å². The van der Waals surface area contributed by atoms with E-state index in [1.807, 2.05) is 20.8 Å². The van der Waals surface area contributed by atoms with Gasteiger partial charge in [-0.3, -0.25) is 4.79 Å². The third kappa shape index (κ3) is 5.87. The Morgan fingerprint density at radius 2 is 2.11 bits per heavy atom. The van der Waals surface area contributed by atoms with Gasteiger partial charge in [0.15, 0.2) is 0 Å². The van der Waals surface area contributed by atoms with Gasteiger partial charge in [-0.15, -0.1) is 0 Å². The fourth-order valence-corrected chi connectivity index (χ4v) is 4.80. The number of amides is 2. The molecule has 4 rings (SSSR count). The summed E-state index contributed by atoms with van der Waals surface area (Å²) in [6.07, 6.45) is 4.60. The number of rotatable bonds is 4. The number of benzene rings is 1. The number of nitrogens with one attached hydrogen (secondary N) is 3. The highest BCUT2D eigenvalue weighted by molar-refractivity contribution is 9.10. The molecule has 8 nitrogen and oxygen atoms in total. The maximum absolute atomic E-state index is 13.5. The molecule has 0 spiro atoms. The van der Waals surface area contributed by atoms with E-state index in [4.69, 9.17) is 16.3 Å². The number of H-pyrrole nitrogens is 1. The zero-order valence-corrected chi connectivity index (χ0v) is 21.9. The summed E-state index contributed by atoms with van der Waals surface area (Å²) in [5.41, 5.74) is 1.62. The largest absolute Gasteiger partial charge is 0.444 e. The van der Waals surface area contributed by atoms with Crippen LogP contribution in [-0.2, 0) is 4.74 Å². The normalized spacial score (nSPS) is 16.3. The lowest BCUT2D eigenvalue weighted by Gasteiger charge is -2.36. The zero-order chi connectivity index (χ0) is 25.3. The van der Waals surface area contributed by atoms with Crippen LogP contribution in [0.3, 0.4) is 0 Å². The van der Waals surface area contributed by atoms with E-state index in [0.717, 1.165) is 41.0 Å². The zero-order valence-electron chi connectivity index (χ0n) is 19.5. The number of alkyl carbamates (subject to hydrolysis) is 1. The van der Waals surface area contributed by atoms with Crippen LogP contribution in [0, 0.1) is 5.82 Å². The minimum absolute atomic E-state index is 0.105. The first-order valence-electron chi connectivity index (χ1n) is 11.2. The molecule has 1 fully saturated rings. The molecule has 1 atom stereocenters. The molecule has 3 heterocycles. The molecular weight excluding hydrogens is 541 g/mol. The number of nitrogens with zero attached hydrogens (tertiary/aromatic N) is 2. The van der Waals surface area contributed by atoms with Crippen molar-refractivity contribution in [1.82, 2.24) is 15.3 Å². The summed E-state index contributed by atoms with van der Waals surface area (Å²) in [6, 6.07) is 3.71. The number of ether oxygens (including phenoxy) is 1. The second kappa shape index (κ2) is 10.0. The number of halogens is 3. The molecule has 11 heteroatoms. The molecule has 2 amide bonds. The summed E-state index contributed by atoms with van der Waals surface area (Å²) < 4.78 is 19.7. The van der Waals surface area contributed by atoms with E-state index in [-0.39, 0.29) is 16.6 Å². The average Bonchev–Trinajstić information content (AvgIpc) is 3.17. The van der Waals surface area contributed by atoms with Crippen molar-refractivity contribution in [3.8, 4) is 0 Å². The molecule has 1 saturated heterocycles. The second-order valence-electron chi connectivity index (χ2n) is 9.40. The van der Waals surface area contributed by atoms with Crippen molar-refractivity contribution in [2.45, 2.75) is 45.3 Å². The summed E-state index contributed by atoms with van der Waals surface area (Å²) >= 11 is 9.45. The van der Waals surface area contributed by atoms with Crippen LogP contribution in [0.1, 0.15) is 44.0 Å². The average molecular weight is 567 g/mol. The molecular formula is C24H26BrClFN5O3. The summed E-state index contributed by atoms with van der Waals surface area (Å²) in [4.78, 5) is 34.8. The topological polar surface area (TPSA) is 99.3 Å². The van der Waals surface area contributed by atoms with E-state index in [9.17, 15) is 14.0 Å². The molecule has 1 unspecified atom stereocenters. The predicted octanol–water partition coefficient (Wildman–Crippen LogP) is 5.86. The number of anilines is 2. The number of piperidine rings is 1. The molecule has 3 aromatic rings. The molecule has 1 aliphatic rings. The number of fused-ring (bicyclic) bond motifs is 1. The number of hydrogen-bond acceptors (Lipinski definition) is 5. The van der Waals surface area contributed by atoms with Crippen LogP contribution in [0.15, 0.2) is 35.1 Å². The van der Waals surface area contributed by atoms with Crippen LogP contribution in [0.25, 0.3) is 11.0 Å². The number of carbonyl (C=O) groups is 2. The maximum Gasteiger partial charge on any atom is 0.407 e. The molecule has 2 aromatic heterocycles. The van der Waals surface area contributed by atoms with E-state index >= 15 is 0 Å². The van der Waals surface area contributed by atoms with Crippen molar-refractivity contribution in [1.29, 1.82) is 0 Å². The first kappa shape index (κ1) is 25.2. The minimum atomic E-state index is -0.592. The summed E-state index contributed by atoms with van der Waals surface area (Å²) in [7, 11) is 0. The minimum Gasteiger partial charge on any atom is -0.444 e. The SMILES string of the molecule is CC(C)(C)OC(=O)NC1CCCN(c2c(Br)cnc3[nH]cc(NC(=O)c4ccc(F)c(Cl)c4)c23)C1. The number of aromatic amines is 1. The van der Waals surface area contributed by atoms with Crippen LogP contribution >= 0.6 is 27.5 Å². The fourth-order valence-electron chi connectivity index (χ4n) is 4.07. The third-order valence-corrected chi connectivity index (χ3v) is 6.39. The van der Waals surface area contributed by atoms with Gasteiger partial charge < -0.3 is 25.3 Å². The van der Waals surface area contributed by atoms with Crippen LogP contribution < -0.4 is 15.5 Å². The molecule has 0 saturated carbocycles. The molecule has 0 aliphatic carbocycles. The van der Waals surface area contributed by atoms with E-state index in [0.29, 0.717) is 17.9 Å². The molecule has 186 valence electrons. The lowest BCUT2D eigenvalue weighted by Crippen LogP contribution is -2.49. The Hall–Kier alpha value is -2.85. The fraction of sp³-hybridized carbons (Fsp3) is 0.375. The Labute approximate surface area is 215 Å². The van der Waals surface area contributed by atoms with Gasteiger partial charge in [-0.2, -0.15) is 0 Å². The highest BCUT2D eigenvalue weighted by Crippen LogP contribution is 2.39. The van der Waals surface area contributed by atoms with Crippen molar-refractivity contribution in [3.63, 3.8) is 0 Å². The van der Waals surface area contributed by atoms with Crippen LogP contribution in [0.2, 0.25) is 5.02 Å². The van der Waals surface area contributed by atoms with Crippen molar-refractivity contribution < 1.29 is 18.7 Å². The Kier molecular flexibility index (Phi) is 7.23. The lowest BCUT2D eigenvalue weighted by molar-refractivity contribution is 0.0500. The Bertz CT molecular complexity index is 1280. The van der Waals surface area contributed by atoms with Gasteiger partial charge in [0.1, 0.15) is 17.1 Å². The molecule has 3 N–H and O–H groups in total. The van der Waals surface area contributed by atoms with Gasteiger partial charge in [-0.25, -0.2) is 14.2 Å². The molecule has 0 bridgehead atoms. The lowest BCUT2D eigenvalue weighted by atomic mass is 10.0. The third-order valence-electron chi connectivity index (χ3n) is 5.52. The highest BCUT2D eigenvalue weighted by atomic mass is 79.9. The van der Waals surface area contributed by atoms with Crippen molar-refractivity contribution in [2.75, 3.05) is 23.3 Å². The van der Waals surface area contributed by atoms with Gasteiger partial charge in [0.25, 0.3) is 5.91 Å². The van der Waals surface area contributed by atoms with Crippen LogP contribution in [-0.4, -0.2) is 46.7 Å². The van der Waals surface area contributed by atoms with Gasteiger partial charge in [-0.05, 0) is 67.7 Å². The van der Waals surface area contributed by atoms with Crippen molar-refractivity contribution in [3.05, 3.63) is 51.5 Å². The molecule has 35 heavy (non-hydrogen) atoms. The summed E-state index contributed by atoms with van der Waals surface area (Å²) in [5, 5.41) is 6.43. The first-order valence-corrected chi connectivity index (χ1v) is 12.4. The van der Waals surface area contributed by atoms with Crippen LogP contribution in [0.5, 0.6) is 0 Å². The predicted molar refractivity (Wildman–Crippen MR) is 138 cm³/mol. The van der Waals surface area contributed by atoms with Crippen molar-refractivity contribution >= 4 is 61.9 Å². The quantitative estimate of drug-likeness (QED) is 0.367. The Morgan fingerprint density at radius 3 is 2.83 bits per heavy atom. The number of hydrogen-bond donors (Lipinski definition) is 3. The standard InChI is InChI=1S/C24H26BrClFN5O3/c1-24(2,3)35-23(34)30-14-5-4-8-32(12-14)20-15(25)10-28-21-19(20)18(11-29-21)31-22(33)13-6-7-17(27)16(26)9-13/h6-7,9-11,14H,4-5,8,12H2,1-3H3,(H,28,29)(H,30,34)(H,31,33). The van der Waals surface area contributed by atoms with Gasteiger partial charge in [-0.1, -0.05) is 11.6 Å². The molecule has 1 aliphatic heterocycles. The van der Waals surface area contributed by atoms with Crippen LogP contribution in [0.4, 0.5) is 20.6 Å². The molecule has 0 radical (unpaired) electrons. The first-order chi connectivity index (χ1) is 16.5. The summed E-state index contributed by atoms with van der Waals surface area (Å²) in [6.45, 7) is 6.80. The Morgan fingerprint density at radius 1 is 1.34 bits per heavy atom. The second-order valence-corrected chi connectivity index (χ2v) is 10.7. The van der Waals surface area contributed by atoms with Crippen molar-refractivity contribution in [2.24, 2.45) is 0 Å². The monoisotopic (exact) mass is 565 g/mol. The van der Waals surface area contributed by atoms with Gasteiger partial charge >= 0.3 is 6.09 Å². The van der Waals surface area contributed by atoms with Gasteiger partial charge in [0.2, 0.25) is 0 Å². The van der Waals surface area contributed by atoms with E-state index < -0.39 is 23.4 Å². The molecule has 1 aromatic carbocycles. The number of pyridine rings is 1. The van der Waals surface area contributed by atoms with E-state index in [2.05, 4.69) is 41.4 Å². The maximum atomic E-state index is 13.5. The smallest absolute Gasteiger partial charge is 0.407 e. The van der Waals surface area contributed by atoms with Gasteiger partial charge in [0, 0.05) is 37.1 Å². The highest BCUT2D eigenvalue weighted by Gasteiger charge is 2.28. The Balaban J connectivity index is 1.60. The van der Waals surface area contributed by atoms with E-state index in [1.54, 1.807) is 12.4 Å². The number of aromatic nitrogens is 2. The number of carbonyl (C=O) groups excluding carboxylic acids is 2.